The molecule has 160 valence electrons. The molecular weight excluding hydrogens is 400 g/mol. The van der Waals surface area contributed by atoms with E-state index < -0.39 is 10.0 Å². The van der Waals surface area contributed by atoms with Gasteiger partial charge in [0.15, 0.2) is 0 Å². The SMILES string of the molecule is COc1ccc(C(=O)N2c3ccc(S(=O)(=O)N4CCCCC4)cc3C[C@H]2C)cc1C. The van der Waals surface area contributed by atoms with E-state index in [0.717, 1.165) is 41.8 Å². The van der Waals surface area contributed by atoms with E-state index in [1.165, 1.54) is 0 Å². The molecule has 1 saturated heterocycles. The zero-order chi connectivity index (χ0) is 21.5. The lowest BCUT2D eigenvalue weighted by molar-refractivity contribution is 0.0981. The normalized spacial score (nSPS) is 19.6. The lowest BCUT2D eigenvalue weighted by atomic mass is 10.1. The second-order valence-electron chi connectivity index (χ2n) is 8.17. The van der Waals surface area contributed by atoms with Crippen LogP contribution in [-0.2, 0) is 16.4 Å². The summed E-state index contributed by atoms with van der Waals surface area (Å²) >= 11 is 0. The molecule has 7 heteroatoms. The standard InChI is InChI=1S/C23H28N2O4S/c1-16-13-18(7-10-22(16)29-3)23(26)25-17(2)14-19-15-20(8-9-21(19)25)30(27,28)24-11-5-4-6-12-24/h7-10,13,15,17H,4-6,11-12,14H2,1-3H3/t17-/m1/s1. The van der Waals surface area contributed by atoms with Crippen molar-refractivity contribution < 1.29 is 17.9 Å². The molecule has 0 unspecified atom stereocenters. The van der Waals surface area contributed by atoms with Gasteiger partial charge in [0.1, 0.15) is 5.75 Å². The third kappa shape index (κ3) is 3.61. The Balaban J connectivity index is 1.64. The lowest BCUT2D eigenvalue weighted by Crippen LogP contribution is -2.36. The van der Waals surface area contributed by atoms with Crippen molar-refractivity contribution in [2.24, 2.45) is 0 Å². The summed E-state index contributed by atoms with van der Waals surface area (Å²) in [6.07, 6.45) is 3.53. The highest BCUT2D eigenvalue weighted by Gasteiger charge is 2.34. The quantitative estimate of drug-likeness (QED) is 0.744. The number of piperidine rings is 1. The molecule has 2 aliphatic rings. The van der Waals surface area contributed by atoms with Crippen molar-refractivity contribution in [1.29, 1.82) is 0 Å². The second-order valence-corrected chi connectivity index (χ2v) is 10.1. The van der Waals surface area contributed by atoms with E-state index in [1.807, 2.05) is 19.9 Å². The zero-order valence-corrected chi connectivity index (χ0v) is 18.5. The van der Waals surface area contributed by atoms with Crippen molar-refractivity contribution in [2.45, 2.75) is 50.5 Å². The van der Waals surface area contributed by atoms with E-state index in [2.05, 4.69) is 0 Å². The fourth-order valence-corrected chi connectivity index (χ4v) is 6.05. The van der Waals surface area contributed by atoms with Gasteiger partial charge in [-0.15, -0.1) is 0 Å². The number of benzene rings is 2. The number of fused-ring (bicyclic) bond motifs is 1. The van der Waals surface area contributed by atoms with Crippen LogP contribution in [-0.4, -0.2) is 44.9 Å². The summed E-state index contributed by atoms with van der Waals surface area (Å²) in [7, 11) is -1.88. The Morgan fingerprint density at radius 1 is 1.07 bits per heavy atom. The number of sulfonamides is 1. The number of methoxy groups -OCH3 is 1. The first-order chi connectivity index (χ1) is 14.3. The number of amides is 1. The van der Waals surface area contributed by atoms with Crippen LogP contribution in [0.25, 0.3) is 0 Å². The van der Waals surface area contributed by atoms with Crippen LogP contribution in [0.2, 0.25) is 0 Å². The zero-order valence-electron chi connectivity index (χ0n) is 17.7. The number of hydrogen-bond acceptors (Lipinski definition) is 4. The van der Waals surface area contributed by atoms with E-state index in [-0.39, 0.29) is 11.9 Å². The smallest absolute Gasteiger partial charge is 0.258 e. The summed E-state index contributed by atoms with van der Waals surface area (Å²) in [5.74, 6) is 0.660. The van der Waals surface area contributed by atoms with Crippen LogP contribution in [0.4, 0.5) is 5.69 Å². The Kier molecular flexibility index (Phi) is 5.59. The molecule has 0 aliphatic carbocycles. The van der Waals surface area contributed by atoms with Gasteiger partial charge in [0.05, 0.1) is 12.0 Å². The molecule has 2 heterocycles. The van der Waals surface area contributed by atoms with Gasteiger partial charge in [-0.25, -0.2) is 8.42 Å². The van der Waals surface area contributed by atoms with Crippen LogP contribution in [0, 0.1) is 6.92 Å². The molecule has 0 saturated carbocycles. The van der Waals surface area contributed by atoms with Crippen LogP contribution >= 0.6 is 0 Å². The minimum absolute atomic E-state index is 0.0390. The summed E-state index contributed by atoms with van der Waals surface area (Å²) in [6.45, 7) is 5.07. The third-order valence-corrected chi connectivity index (χ3v) is 7.97. The first-order valence-corrected chi connectivity index (χ1v) is 11.9. The van der Waals surface area contributed by atoms with Crippen molar-refractivity contribution in [1.82, 2.24) is 4.31 Å². The number of nitrogens with zero attached hydrogens (tertiary/aromatic N) is 2. The summed E-state index contributed by atoms with van der Waals surface area (Å²) < 4.78 is 32.9. The predicted molar refractivity (Wildman–Crippen MR) is 117 cm³/mol. The number of aryl methyl sites for hydroxylation is 1. The van der Waals surface area contributed by atoms with Crippen molar-refractivity contribution in [3.8, 4) is 5.75 Å². The van der Waals surface area contributed by atoms with Crippen LogP contribution in [0.3, 0.4) is 0 Å². The highest BCUT2D eigenvalue weighted by Crippen LogP contribution is 2.36. The van der Waals surface area contributed by atoms with E-state index in [9.17, 15) is 13.2 Å². The van der Waals surface area contributed by atoms with Gasteiger partial charge in [-0.1, -0.05) is 6.42 Å². The highest BCUT2D eigenvalue weighted by atomic mass is 32.2. The number of rotatable bonds is 4. The molecule has 0 spiro atoms. The summed E-state index contributed by atoms with van der Waals surface area (Å²) in [6, 6.07) is 10.5. The largest absolute Gasteiger partial charge is 0.496 e. The molecule has 1 amide bonds. The Bertz CT molecular complexity index is 1070. The van der Waals surface area contributed by atoms with Crippen LogP contribution in [0.5, 0.6) is 5.75 Å². The monoisotopic (exact) mass is 428 g/mol. The summed E-state index contributed by atoms with van der Waals surface area (Å²) in [4.78, 5) is 15.4. The topological polar surface area (TPSA) is 66.9 Å². The molecule has 0 bridgehead atoms. The molecule has 0 radical (unpaired) electrons. The maximum absolute atomic E-state index is 13.3. The number of anilines is 1. The van der Waals surface area contributed by atoms with Crippen LogP contribution in [0.1, 0.15) is 47.7 Å². The molecule has 1 atom stereocenters. The fourth-order valence-electron chi connectivity index (χ4n) is 4.48. The minimum Gasteiger partial charge on any atom is -0.496 e. The molecular formula is C23H28N2O4S. The van der Waals surface area contributed by atoms with Gasteiger partial charge >= 0.3 is 0 Å². The first kappa shape index (κ1) is 20.9. The maximum Gasteiger partial charge on any atom is 0.258 e. The average molecular weight is 429 g/mol. The summed E-state index contributed by atoms with van der Waals surface area (Å²) in [5, 5.41) is 0. The first-order valence-electron chi connectivity index (χ1n) is 10.4. The predicted octanol–water partition coefficient (Wildman–Crippen LogP) is 3.77. The number of carbonyl (C=O) groups is 1. The molecule has 1 fully saturated rings. The summed E-state index contributed by atoms with van der Waals surface area (Å²) in [5.41, 5.74) is 3.19. The molecule has 6 nitrogen and oxygen atoms in total. The van der Waals surface area contributed by atoms with Crippen LogP contribution in [0.15, 0.2) is 41.3 Å². The minimum atomic E-state index is -3.49. The Morgan fingerprint density at radius 3 is 2.47 bits per heavy atom. The van der Waals surface area contributed by atoms with Gasteiger partial charge in [0, 0.05) is 30.4 Å². The Morgan fingerprint density at radius 2 is 1.80 bits per heavy atom. The van der Waals surface area contributed by atoms with Crippen molar-refractivity contribution in [2.75, 3.05) is 25.1 Å². The maximum atomic E-state index is 13.3. The molecule has 0 aromatic heterocycles. The molecule has 30 heavy (non-hydrogen) atoms. The molecule has 2 aromatic carbocycles. The Hall–Kier alpha value is -2.38. The fraction of sp³-hybridized carbons (Fsp3) is 0.435. The van der Waals surface area contributed by atoms with E-state index in [4.69, 9.17) is 4.74 Å². The highest BCUT2D eigenvalue weighted by molar-refractivity contribution is 7.89. The van der Waals surface area contributed by atoms with Crippen molar-refractivity contribution >= 4 is 21.6 Å². The van der Waals surface area contributed by atoms with Crippen molar-refractivity contribution in [3.05, 3.63) is 53.1 Å². The van der Waals surface area contributed by atoms with E-state index in [1.54, 1.807) is 46.6 Å². The molecule has 0 N–H and O–H groups in total. The Labute approximate surface area is 178 Å². The molecule has 2 aromatic rings. The van der Waals surface area contributed by atoms with E-state index >= 15 is 0 Å². The van der Waals surface area contributed by atoms with Gasteiger partial charge in [0.2, 0.25) is 10.0 Å². The van der Waals surface area contributed by atoms with Crippen LogP contribution < -0.4 is 9.64 Å². The molecule has 2 aliphatic heterocycles. The third-order valence-electron chi connectivity index (χ3n) is 6.08. The van der Waals surface area contributed by atoms with E-state index in [0.29, 0.717) is 30.0 Å². The van der Waals surface area contributed by atoms with Crippen molar-refractivity contribution in [3.63, 3.8) is 0 Å². The van der Waals surface area contributed by atoms with Gasteiger partial charge in [-0.2, -0.15) is 4.31 Å². The van der Waals surface area contributed by atoms with Gasteiger partial charge < -0.3 is 9.64 Å². The van der Waals surface area contributed by atoms with Gasteiger partial charge in [-0.05, 0) is 80.6 Å². The molecule has 4 rings (SSSR count). The average Bonchev–Trinajstić information content (AvgIpc) is 3.08. The number of ether oxygens (including phenoxy) is 1. The number of hydrogen-bond donors (Lipinski definition) is 0. The second kappa shape index (κ2) is 8.04. The number of carbonyl (C=O) groups excluding carboxylic acids is 1. The van der Waals surface area contributed by atoms with Gasteiger partial charge in [-0.3, -0.25) is 4.79 Å². The lowest BCUT2D eigenvalue weighted by Gasteiger charge is -2.26. The van der Waals surface area contributed by atoms with Gasteiger partial charge in [0.25, 0.3) is 5.91 Å².